The summed E-state index contributed by atoms with van der Waals surface area (Å²) in [5.74, 6) is 1.35. The molecule has 3 heterocycles. The summed E-state index contributed by atoms with van der Waals surface area (Å²) >= 11 is 1.58. The fraction of sp³-hybridized carbons (Fsp3) is 0.231. The Morgan fingerprint density at radius 2 is 2.37 bits per heavy atom. The Balaban J connectivity index is 2.02. The first-order chi connectivity index (χ1) is 9.29. The quantitative estimate of drug-likeness (QED) is 0.793. The van der Waals surface area contributed by atoms with E-state index in [4.69, 9.17) is 10.5 Å². The lowest BCUT2D eigenvalue weighted by Crippen LogP contribution is -2.06. The molecule has 3 rings (SSSR count). The van der Waals surface area contributed by atoms with Crippen molar-refractivity contribution in [1.29, 1.82) is 0 Å². The number of rotatable bonds is 4. The number of thiazole rings is 1. The van der Waals surface area contributed by atoms with E-state index in [2.05, 4.69) is 9.97 Å². The van der Waals surface area contributed by atoms with Crippen LogP contribution in [0.1, 0.15) is 11.4 Å². The summed E-state index contributed by atoms with van der Waals surface area (Å²) in [6.07, 6.45) is 4.46. The van der Waals surface area contributed by atoms with Crippen LogP contribution in [0.5, 0.6) is 11.6 Å². The van der Waals surface area contributed by atoms with Gasteiger partial charge in [0.2, 0.25) is 5.88 Å². The topological polar surface area (TPSA) is 65.4 Å². The number of hydrogen-bond donors (Lipinski definition) is 1. The van der Waals surface area contributed by atoms with Crippen molar-refractivity contribution in [3.63, 3.8) is 0 Å². The molecular formula is C13H14N4OS. The van der Waals surface area contributed by atoms with Crippen LogP contribution in [0, 0.1) is 6.92 Å². The van der Waals surface area contributed by atoms with Gasteiger partial charge in [-0.15, -0.1) is 11.3 Å². The van der Waals surface area contributed by atoms with Gasteiger partial charge in [0.05, 0.1) is 11.4 Å². The van der Waals surface area contributed by atoms with Crippen LogP contribution >= 0.6 is 11.3 Å². The monoisotopic (exact) mass is 274 g/mol. The Bertz CT molecular complexity index is 704. The van der Waals surface area contributed by atoms with E-state index in [1.165, 1.54) is 0 Å². The first-order valence-electron chi connectivity index (χ1n) is 6.03. The maximum atomic E-state index is 5.89. The molecule has 0 spiro atoms. The fourth-order valence-corrected chi connectivity index (χ4v) is 2.66. The van der Waals surface area contributed by atoms with Crippen LogP contribution < -0.4 is 10.5 Å². The van der Waals surface area contributed by atoms with Gasteiger partial charge in [-0.05, 0) is 25.6 Å². The van der Waals surface area contributed by atoms with E-state index in [-0.39, 0.29) is 0 Å². The summed E-state index contributed by atoms with van der Waals surface area (Å²) in [6.45, 7) is 2.47. The highest BCUT2D eigenvalue weighted by atomic mass is 32.1. The fourth-order valence-electron chi connectivity index (χ4n) is 1.94. The zero-order chi connectivity index (χ0) is 13.2. The average Bonchev–Trinajstić information content (AvgIpc) is 2.96. The van der Waals surface area contributed by atoms with Gasteiger partial charge in [0.15, 0.2) is 10.7 Å². The van der Waals surface area contributed by atoms with Crippen molar-refractivity contribution in [2.75, 3.05) is 6.54 Å². The van der Waals surface area contributed by atoms with Crippen molar-refractivity contribution >= 4 is 16.3 Å². The molecule has 0 aliphatic carbocycles. The third-order valence-corrected chi connectivity index (χ3v) is 3.63. The summed E-state index contributed by atoms with van der Waals surface area (Å²) in [5, 5.41) is 2.00. The average molecular weight is 274 g/mol. The first-order valence-corrected chi connectivity index (χ1v) is 6.91. The summed E-state index contributed by atoms with van der Waals surface area (Å²) in [5.41, 5.74) is 7.51. The van der Waals surface area contributed by atoms with Crippen molar-refractivity contribution in [2.24, 2.45) is 5.73 Å². The van der Waals surface area contributed by atoms with Crippen molar-refractivity contribution in [3.8, 4) is 11.6 Å². The summed E-state index contributed by atoms with van der Waals surface area (Å²) in [4.78, 5) is 9.63. The minimum atomic E-state index is 0.562. The van der Waals surface area contributed by atoms with Gasteiger partial charge in [-0.3, -0.25) is 9.38 Å². The van der Waals surface area contributed by atoms with Crippen LogP contribution in [0.2, 0.25) is 0 Å². The molecule has 0 aromatic carbocycles. The van der Waals surface area contributed by atoms with Crippen molar-refractivity contribution in [1.82, 2.24) is 14.4 Å². The lowest BCUT2D eigenvalue weighted by molar-refractivity contribution is 0.453. The van der Waals surface area contributed by atoms with Gasteiger partial charge in [0, 0.05) is 24.2 Å². The SMILES string of the molecule is Cc1ncccc1Oc1nc2sccn2c1CCN. The predicted molar refractivity (Wildman–Crippen MR) is 74.9 cm³/mol. The molecule has 0 fully saturated rings. The second-order valence-electron chi connectivity index (χ2n) is 4.15. The van der Waals surface area contributed by atoms with Gasteiger partial charge in [-0.2, -0.15) is 4.98 Å². The summed E-state index contributed by atoms with van der Waals surface area (Å²) in [6, 6.07) is 3.74. The van der Waals surface area contributed by atoms with E-state index in [1.807, 2.05) is 35.0 Å². The molecular weight excluding hydrogens is 260 g/mol. The van der Waals surface area contributed by atoms with Crippen LogP contribution in [0.25, 0.3) is 4.96 Å². The largest absolute Gasteiger partial charge is 0.435 e. The zero-order valence-corrected chi connectivity index (χ0v) is 11.4. The third kappa shape index (κ3) is 2.20. The Morgan fingerprint density at radius 3 is 3.16 bits per heavy atom. The van der Waals surface area contributed by atoms with E-state index in [1.54, 1.807) is 17.5 Å². The second-order valence-corrected chi connectivity index (χ2v) is 5.02. The highest BCUT2D eigenvalue weighted by Gasteiger charge is 2.15. The van der Waals surface area contributed by atoms with E-state index in [0.717, 1.165) is 28.5 Å². The Hall–Kier alpha value is -1.92. The standard InChI is InChI=1S/C13H14N4OS/c1-9-11(3-2-6-15-9)18-12-10(4-5-14)17-7-8-19-13(17)16-12/h2-3,6-8H,4-5,14H2,1H3. The maximum absolute atomic E-state index is 5.89. The van der Waals surface area contributed by atoms with Gasteiger partial charge in [0.1, 0.15) is 0 Å². The molecule has 0 radical (unpaired) electrons. The van der Waals surface area contributed by atoms with Crippen molar-refractivity contribution in [3.05, 3.63) is 41.3 Å². The highest BCUT2D eigenvalue weighted by molar-refractivity contribution is 7.15. The maximum Gasteiger partial charge on any atom is 0.242 e. The van der Waals surface area contributed by atoms with Gasteiger partial charge < -0.3 is 10.5 Å². The number of aromatic nitrogens is 3. The van der Waals surface area contributed by atoms with Gasteiger partial charge in [-0.1, -0.05) is 0 Å². The van der Waals surface area contributed by atoms with Crippen molar-refractivity contribution in [2.45, 2.75) is 13.3 Å². The molecule has 5 nitrogen and oxygen atoms in total. The number of aryl methyl sites for hydroxylation is 1. The van der Waals surface area contributed by atoms with Crippen LogP contribution in [0.15, 0.2) is 29.9 Å². The molecule has 0 atom stereocenters. The lowest BCUT2D eigenvalue weighted by atomic mass is 10.3. The number of ether oxygens (including phenoxy) is 1. The molecule has 6 heteroatoms. The highest BCUT2D eigenvalue weighted by Crippen LogP contribution is 2.29. The molecule has 0 bridgehead atoms. The zero-order valence-electron chi connectivity index (χ0n) is 10.5. The number of fused-ring (bicyclic) bond motifs is 1. The summed E-state index contributed by atoms with van der Waals surface area (Å²) in [7, 11) is 0. The number of imidazole rings is 1. The van der Waals surface area contributed by atoms with Crippen molar-refractivity contribution < 1.29 is 4.74 Å². The molecule has 98 valence electrons. The third-order valence-electron chi connectivity index (χ3n) is 2.87. The van der Waals surface area contributed by atoms with E-state index in [0.29, 0.717) is 12.4 Å². The molecule has 0 aliphatic rings. The van der Waals surface area contributed by atoms with Crippen LogP contribution in [0.3, 0.4) is 0 Å². The van der Waals surface area contributed by atoms with Crippen LogP contribution in [-0.4, -0.2) is 20.9 Å². The second kappa shape index (κ2) is 4.99. The smallest absolute Gasteiger partial charge is 0.242 e. The van der Waals surface area contributed by atoms with Crippen LogP contribution in [-0.2, 0) is 6.42 Å². The first kappa shape index (κ1) is 12.1. The molecule has 0 saturated carbocycles. The van der Waals surface area contributed by atoms with E-state index >= 15 is 0 Å². The Morgan fingerprint density at radius 1 is 1.47 bits per heavy atom. The van der Waals surface area contributed by atoms with Gasteiger partial charge in [-0.25, -0.2) is 0 Å². The molecule has 19 heavy (non-hydrogen) atoms. The number of pyridine rings is 1. The molecule has 0 amide bonds. The van der Waals surface area contributed by atoms with Gasteiger partial charge >= 0.3 is 0 Å². The normalized spacial score (nSPS) is 11.1. The Kier molecular flexibility index (Phi) is 3.18. The minimum absolute atomic E-state index is 0.562. The minimum Gasteiger partial charge on any atom is -0.435 e. The molecule has 0 saturated heterocycles. The molecule has 2 N–H and O–H groups in total. The van der Waals surface area contributed by atoms with Gasteiger partial charge in [0.25, 0.3) is 0 Å². The number of nitrogens with zero attached hydrogens (tertiary/aromatic N) is 3. The van der Waals surface area contributed by atoms with E-state index < -0.39 is 0 Å². The summed E-state index contributed by atoms with van der Waals surface area (Å²) < 4.78 is 7.92. The van der Waals surface area contributed by atoms with Crippen LogP contribution in [0.4, 0.5) is 0 Å². The van der Waals surface area contributed by atoms with E-state index in [9.17, 15) is 0 Å². The molecule has 0 unspecified atom stereocenters. The number of nitrogens with two attached hydrogens (primary N) is 1. The number of hydrogen-bond acceptors (Lipinski definition) is 5. The lowest BCUT2D eigenvalue weighted by Gasteiger charge is -2.07. The molecule has 3 aromatic heterocycles. The predicted octanol–water partition coefficient (Wildman–Crippen LogP) is 2.39. The molecule has 0 aliphatic heterocycles. The molecule has 3 aromatic rings. The Labute approximate surface area is 114 Å².